The van der Waals surface area contributed by atoms with Gasteiger partial charge in [0.1, 0.15) is 10.6 Å². The standard InChI is InChI=1S/C15H15N3O4S/c1-9-3-6-13(22-2)14(7-9)23(20,21)18-12-8-10(16)4-5-11(12)17-15(18)19/h3-8H,16H2,1-2H3,(H,17,19). The molecule has 8 heteroatoms. The van der Waals surface area contributed by atoms with Gasteiger partial charge in [-0.15, -0.1) is 0 Å². The van der Waals surface area contributed by atoms with Crippen LogP contribution in [0.1, 0.15) is 5.56 Å². The minimum Gasteiger partial charge on any atom is -0.495 e. The first-order chi connectivity index (χ1) is 10.8. The van der Waals surface area contributed by atoms with Crippen molar-refractivity contribution in [3.05, 3.63) is 52.4 Å². The molecule has 2 aromatic carbocycles. The summed E-state index contributed by atoms with van der Waals surface area (Å²) in [7, 11) is -2.77. The Balaban J connectivity index is 2.38. The molecule has 0 aliphatic carbocycles. The van der Waals surface area contributed by atoms with Crippen molar-refractivity contribution in [1.29, 1.82) is 0 Å². The van der Waals surface area contributed by atoms with Crippen LogP contribution < -0.4 is 16.2 Å². The number of methoxy groups -OCH3 is 1. The normalized spacial score (nSPS) is 11.7. The highest BCUT2D eigenvalue weighted by Gasteiger charge is 2.26. The summed E-state index contributed by atoms with van der Waals surface area (Å²) in [6.45, 7) is 1.76. The molecule has 0 aliphatic rings. The molecular formula is C15H15N3O4S. The number of aryl methyl sites for hydroxylation is 1. The number of aromatic nitrogens is 2. The van der Waals surface area contributed by atoms with E-state index in [2.05, 4.69) is 4.98 Å². The maximum Gasteiger partial charge on any atom is 0.340 e. The molecule has 0 radical (unpaired) electrons. The minimum atomic E-state index is -4.14. The van der Waals surface area contributed by atoms with Crippen LogP contribution in [0.4, 0.5) is 5.69 Å². The Hall–Kier alpha value is -2.74. The fraction of sp³-hybridized carbons (Fsp3) is 0.133. The number of anilines is 1. The number of nitrogen functional groups attached to an aromatic ring is 1. The van der Waals surface area contributed by atoms with Gasteiger partial charge in [0.15, 0.2) is 0 Å². The van der Waals surface area contributed by atoms with Crippen LogP contribution in [-0.2, 0) is 10.0 Å². The smallest absolute Gasteiger partial charge is 0.340 e. The average Bonchev–Trinajstić information content (AvgIpc) is 2.83. The second-order valence-electron chi connectivity index (χ2n) is 5.13. The minimum absolute atomic E-state index is 0.0783. The number of rotatable bonds is 3. The van der Waals surface area contributed by atoms with E-state index in [0.717, 1.165) is 5.56 Å². The zero-order valence-electron chi connectivity index (χ0n) is 12.5. The van der Waals surface area contributed by atoms with Gasteiger partial charge in [0.05, 0.1) is 18.1 Å². The fourth-order valence-corrected chi connectivity index (χ4v) is 4.03. The molecule has 0 spiro atoms. The number of benzene rings is 2. The summed E-state index contributed by atoms with van der Waals surface area (Å²) in [6, 6.07) is 9.33. The van der Waals surface area contributed by atoms with Crippen molar-refractivity contribution in [2.45, 2.75) is 11.8 Å². The molecule has 0 aliphatic heterocycles. The third kappa shape index (κ3) is 2.36. The van der Waals surface area contributed by atoms with Gasteiger partial charge in [-0.1, -0.05) is 6.07 Å². The van der Waals surface area contributed by atoms with Crippen LogP contribution in [0, 0.1) is 6.92 Å². The second-order valence-corrected chi connectivity index (χ2v) is 6.89. The van der Waals surface area contributed by atoms with Crippen molar-refractivity contribution in [3.63, 3.8) is 0 Å². The molecule has 7 nitrogen and oxygen atoms in total. The molecule has 120 valence electrons. The number of ether oxygens (including phenoxy) is 1. The molecule has 23 heavy (non-hydrogen) atoms. The molecule has 0 saturated carbocycles. The maximum absolute atomic E-state index is 13.0. The summed E-state index contributed by atoms with van der Waals surface area (Å²) >= 11 is 0. The number of hydrogen-bond acceptors (Lipinski definition) is 5. The lowest BCUT2D eigenvalue weighted by atomic mass is 10.2. The molecule has 0 amide bonds. The summed E-state index contributed by atoms with van der Waals surface area (Å²) in [6.07, 6.45) is 0. The lowest BCUT2D eigenvalue weighted by Crippen LogP contribution is -2.25. The summed E-state index contributed by atoms with van der Waals surface area (Å²) in [4.78, 5) is 14.6. The van der Waals surface area contributed by atoms with Crippen LogP contribution in [0.15, 0.2) is 46.1 Å². The molecule has 3 aromatic rings. The van der Waals surface area contributed by atoms with Crippen LogP contribution in [-0.4, -0.2) is 24.5 Å². The molecular weight excluding hydrogens is 318 g/mol. The Morgan fingerprint density at radius 2 is 1.91 bits per heavy atom. The number of nitrogens with one attached hydrogen (secondary N) is 1. The number of imidazole rings is 1. The van der Waals surface area contributed by atoms with Gasteiger partial charge in [0.2, 0.25) is 0 Å². The zero-order chi connectivity index (χ0) is 16.8. The van der Waals surface area contributed by atoms with Gasteiger partial charge in [0.25, 0.3) is 10.0 Å². The predicted molar refractivity (Wildman–Crippen MR) is 87.3 cm³/mol. The SMILES string of the molecule is COc1ccc(C)cc1S(=O)(=O)n1c(=O)[nH]c2ccc(N)cc21. The lowest BCUT2D eigenvalue weighted by Gasteiger charge is -2.11. The Labute approximate surface area is 132 Å². The zero-order valence-corrected chi connectivity index (χ0v) is 13.3. The third-order valence-electron chi connectivity index (χ3n) is 3.50. The summed E-state index contributed by atoms with van der Waals surface area (Å²) in [5, 5.41) is 0. The highest BCUT2D eigenvalue weighted by molar-refractivity contribution is 7.90. The van der Waals surface area contributed by atoms with E-state index in [4.69, 9.17) is 10.5 Å². The molecule has 0 atom stereocenters. The molecule has 3 rings (SSSR count). The number of nitrogens with zero attached hydrogens (tertiary/aromatic N) is 1. The first kappa shape index (κ1) is 15.2. The maximum atomic E-state index is 13.0. The van der Waals surface area contributed by atoms with Crippen LogP contribution in [0.2, 0.25) is 0 Å². The van der Waals surface area contributed by atoms with E-state index in [1.54, 1.807) is 31.2 Å². The Morgan fingerprint density at radius 3 is 2.61 bits per heavy atom. The Morgan fingerprint density at radius 1 is 1.17 bits per heavy atom. The highest BCUT2D eigenvalue weighted by atomic mass is 32.2. The van der Waals surface area contributed by atoms with Gasteiger partial charge in [0, 0.05) is 5.69 Å². The molecule has 0 unspecified atom stereocenters. The molecule has 1 aromatic heterocycles. The highest BCUT2D eigenvalue weighted by Crippen LogP contribution is 2.28. The van der Waals surface area contributed by atoms with Gasteiger partial charge in [-0.25, -0.2) is 13.2 Å². The van der Waals surface area contributed by atoms with Gasteiger partial charge in [-0.3, -0.25) is 0 Å². The van der Waals surface area contributed by atoms with Crippen molar-refractivity contribution in [2.75, 3.05) is 12.8 Å². The van der Waals surface area contributed by atoms with Crippen LogP contribution in [0.5, 0.6) is 5.75 Å². The van der Waals surface area contributed by atoms with Gasteiger partial charge in [-0.05, 0) is 42.8 Å². The van der Waals surface area contributed by atoms with E-state index >= 15 is 0 Å². The second kappa shape index (κ2) is 5.17. The molecule has 3 N–H and O–H groups in total. The Kier molecular flexibility index (Phi) is 3.41. The van der Waals surface area contributed by atoms with Gasteiger partial charge >= 0.3 is 5.69 Å². The number of aromatic amines is 1. The van der Waals surface area contributed by atoms with Gasteiger partial charge < -0.3 is 15.5 Å². The fourth-order valence-electron chi connectivity index (χ4n) is 2.42. The quantitative estimate of drug-likeness (QED) is 0.706. The number of fused-ring (bicyclic) bond motifs is 1. The number of nitrogens with two attached hydrogens (primary N) is 1. The van der Waals surface area contributed by atoms with Crippen molar-refractivity contribution >= 4 is 26.7 Å². The van der Waals surface area contributed by atoms with E-state index in [0.29, 0.717) is 15.2 Å². The third-order valence-corrected chi connectivity index (χ3v) is 5.22. The van der Waals surface area contributed by atoms with Crippen LogP contribution in [0.25, 0.3) is 11.0 Å². The van der Waals surface area contributed by atoms with E-state index in [1.165, 1.54) is 19.2 Å². The molecule has 1 heterocycles. The average molecular weight is 333 g/mol. The van der Waals surface area contributed by atoms with E-state index < -0.39 is 15.7 Å². The van der Waals surface area contributed by atoms with Crippen molar-refractivity contribution < 1.29 is 13.2 Å². The van der Waals surface area contributed by atoms with Crippen molar-refractivity contribution in [1.82, 2.24) is 8.96 Å². The summed E-state index contributed by atoms with van der Waals surface area (Å²) in [5.74, 6) is 0.167. The molecule has 0 bridgehead atoms. The largest absolute Gasteiger partial charge is 0.495 e. The molecule has 0 fully saturated rings. The van der Waals surface area contributed by atoms with Crippen molar-refractivity contribution in [3.8, 4) is 5.75 Å². The summed E-state index contributed by atoms with van der Waals surface area (Å²) < 4.78 is 31.8. The Bertz CT molecular complexity index is 1060. The topological polar surface area (TPSA) is 107 Å². The summed E-state index contributed by atoms with van der Waals surface area (Å²) in [5.41, 5.74) is 6.63. The first-order valence-corrected chi connectivity index (χ1v) is 8.19. The molecule has 0 saturated heterocycles. The first-order valence-electron chi connectivity index (χ1n) is 6.75. The van der Waals surface area contributed by atoms with Crippen LogP contribution >= 0.6 is 0 Å². The van der Waals surface area contributed by atoms with E-state index in [-0.39, 0.29) is 16.2 Å². The lowest BCUT2D eigenvalue weighted by molar-refractivity contribution is 0.402. The van der Waals surface area contributed by atoms with Crippen molar-refractivity contribution in [2.24, 2.45) is 0 Å². The van der Waals surface area contributed by atoms with E-state index in [9.17, 15) is 13.2 Å². The number of H-pyrrole nitrogens is 1. The monoisotopic (exact) mass is 333 g/mol. The predicted octanol–water partition coefficient (Wildman–Crippen LogP) is 1.47. The van der Waals surface area contributed by atoms with E-state index in [1.807, 2.05) is 0 Å². The van der Waals surface area contributed by atoms with Gasteiger partial charge in [-0.2, -0.15) is 3.97 Å². The number of hydrogen-bond donors (Lipinski definition) is 2. The van der Waals surface area contributed by atoms with Crippen LogP contribution in [0.3, 0.4) is 0 Å².